The van der Waals surface area contributed by atoms with Gasteiger partial charge in [0.05, 0.1) is 6.61 Å². The second kappa shape index (κ2) is 9.69. The summed E-state index contributed by atoms with van der Waals surface area (Å²) < 4.78 is 16.3. The maximum atomic E-state index is 12.5. The van der Waals surface area contributed by atoms with E-state index in [1.807, 2.05) is 56.3 Å². The number of ether oxygens (including phenoxy) is 3. The Labute approximate surface area is 148 Å². The van der Waals surface area contributed by atoms with E-state index in [-0.39, 0.29) is 5.91 Å². The van der Waals surface area contributed by atoms with Crippen molar-refractivity contribution in [3.8, 4) is 11.5 Å². The van der Waals surface area contributed by atoms with Gasteiger partial charge in [-0.05, 0) is 43.2 Å². The molecular formula is C20H25NO4. The predicted octanol–water partition coefficient (Wildman–Crippen LogP) is 3.82. The normalized spacial score (nSPS) is 11.6. The van der Waals surface area contributed by atoms with Crippen molar-refractivity contribution in [1.82, 2.24) is 0 Å². The summed E-state index contributed by atoms with van der Waals surface area (Å²) in [6, 6.07) is 15.0. The monoisotopic (exact) mass is 343 g/mol. The lowest BCUT2D eigenvalue weighted by atomic mass is 10.2. The summed E-state index contributed by atoms with van der Waals surface area (Å²) in [6.45, 7) is 4.88. The third-order valence-corrected chi connectivity index (χ3v) is 3.59. The number of hydrogen-bond acceptors (Lipinski definition) is 4. The molecule has 5 nitrogen and oxygen atoms in total. The van der Waals surface area contributed by atoms with Crippen LogP contribution in [0.1, 0.15) is 18.9 Å². The van der Waals surface area contributed by atoms with Gasteiger partial charge in [0.2, 0.25) is 0 Å². The highest BCUT2D eigenvalue weighted by molar-refractivity contribution is 5.94. The Bertz CT molecular complexity index is 687. The van der Waals surface area contributed by atoms with Gasteiger partial charge in [-0.3, -0.25) is 4.79 Å². The Morgan fingerprint density at radius 1 is 1.08 bits per heavy atom. The van der Waals surface area contributed by atoms with Crippen molar-refractivity contribution in [2.24, 2.45) is 0 Å². The minimum atomic E-state index is -0.556. The number of anilines is 1. The first-order valence-corrected chi connectivity index (χ1v) is 8.38. The van der Waals surface area contributed by atoms with Crippen LogP contribution in [-0.4, -0.2) is 32.3 Å². The molecule has 25 heavy (non-hydrogen) atoms. The zero-order valence-corrected chi connectivity index (χ0v) is 15.0. The Morgan fingerprint density at radius 2 is 1.84 bits per heavy atom. The van der Waals surface area contributed by atoms with Crippen LogP contribution in [0.15, 0.2) is 48.5 Å². The molecule has 134 valence electrons. The van der Waals surface area contributed by atoms with Crippen LogP contribution in [0.2, 0.25) is 0 Å². The Hall–Kier alpha value is -2.53. The first-order valence-electron chi connectivity index (χ1n) is 8.38. The molecule has 0 aliphatic rings. The van der Waals surface area contributed by atoms with Gasteiger partial charge in [-0.2, -0.15) is 0 Å². The number of rotatable bonds is 9. The number of carbonyl (C=O) groups excluding carboxylic acids is 1. The quantitative estimate of drug-likeness (QED) is 0.703. The maximum Gasteiger partial charge on any atom is 0.265 e. The molecule has 2 rings (SSSR count). The van der Waals surface area contributed by atoms with E-state index >= 15 is 0 Å². The molecule has 0 aromatic heterocycles. The largest absolute Gasteiger partial charge is 0.491 e. The van der Waals surface area contributed by atoms with Crippen molar-refractivity contribution in [1.29, 1.82) is 0 Å². The molecule has 0 saturated carbocycles. The number of amides is 1. The molecule has 0 radical (unpaired) electrons. The predicted molar refractivity (Wildman–Crippen MR) is 98.3 cm³/mol. The molecule has 0 spiro atoms. The van der Waals surface area contributed by atoms with Crippen LogP contribution in [0.3, 0.4) is 0 Å². The third kappa shape index (κ3) is 6.12. The van der Waals surface area contributed by atoms with Crippen LogP contribution in [-0.2, 0) is 9.53 Å². The molecule has 2 aromatic rings. The fraction of sp³-hybridized carbons (Fsp3) is 0.350. The van der Waals surface area contributed by atoms with Crippen molar-refractivity contribution < 1.29 is 19.0 Å². The molecule has 0 fully saturated rings. The van der Waals surface area contributed by atoms with Gasteiger partial charge >= 0.3 is 0 Å². The number of benzene rings is 2. The molecule has 5 heteroatoms. The number of nitrogens with one attached hydrogen (secondary N) is 1. The summed E-state index contributed by atoms with van der Waals surface area (Å²) in [7, 11) is 1.62. The first-order chi connectivity index (χ1) is 12.1. The van der Waals surface area contributed by atoms with Gasteiger partial charge in [0, 0.05) is 18.9 Å². The summed E-state index contributed by atoms with van der Waals surface area (Å²) in [5.74, 6) is 1.19. The van der Waals surface area contributed by atoms with Gasteiger partial charge in [0.1, 0.15) is 18.1 Å². The SMILES string of the molecule is CCC(Oc1cccc(C)c1)C(=O)Nc1cccc(OCCOC)c1. The number of methoxy groups -OCH3 is 1. The maximum absolute atomic E-state index is 12.5. The highest BCUT2D eigenvalue weighted by Crippen LogP contribution is 2.19. The highest BCUT2D eigenvalue weighted by Gasteiger charge is 2.18. The lowest BCUT2D eigenvalue weighted by Gasteiger charge is -2.18. The molecule has 1 unspecified atom stereocenters. The van der Waals surface area contributed by atoms with Crippen molar-refractivity contribution in [2.45, 2.75) is 26.4 Å². The van der Waals surface area contributed by atoms with Crippen LogP contribution in [0.4, 0.5) is 5.69 Å². The smallest absolute Gasteiger partial charge is 0.265 e. The summed E-state index contributed by atoms with van der Waals surface area (Å²) in [6.07, 6.45) is 0.0175. The second-order valence-electron chi connectivity index (χ2n) is 5.69. The fourth-order valence-corrected chi connectivity index (χ4v) is 2.30. The number of hydrogen-bond donors (Lipinski definition) is 1. The minimum Gasteiger partial charge on any atom is -0.491 e. The summed E-state index contributed by atoms with van der Waals surface area (Å²) in [5.41, 5.74) is 1.76. The van der Waals surface area contributed by atoms with E-state index in [1.54, 1.807) is 13.2 Å². The van der Waals surface area contributed by atoms with E-state index in [0.29, 0.717) is 36.8 Å². The van der Waals surface area contributed by atoms with Crippen LogP contribution < -0.4 is 14.8 Å². The van der Waals surface area contributed by atoms with Crippen molar-refractivity contribution in [3.63, 3.8) is 0 Å². The second-order valence-corrected chi connectivity index (χ2v) is 5.69. The van der Waals surface area contributed by atoms with Crippen molar-refractivity contribution in [2.75, 3.05) is 25.6 Å². The average Bonchev–Trinajstić information content (AvgIpc) is 2.60. The Kier molecular flexibility index (Phi) is 7.29. The summed E-state index contributed by atoms with van der Waals surface area (Å²) in [5, 5.41) is 2.88. The number of carbonyl (C=O) groups is 1. The molecule has 1 atom stereocenters. The summed E-state index contributed by atoms with van der Waals surface area (Å²) in [4.78, 5) is 12.5. The first kappa shape index (κ1) is 18.8. The lowest BCUT2D eigenvalue weighted by molar-refractivity contribution is -0.122. The van der Waals surface area contributed by atoms with Gasteiger partial charge in [0.15, 0.2) is 6.10 Å². The molecular weight excluding hydrogens is 318 g/mol. The Morgan fingerprint density at radius 3 is 2.56 bits per heavy atom. The van der Waals surface area contributed by atoms with Crippen molar-refractivity contribution >= 4 is 11.6 Å². The van der Waals surface area contributed by atoms with Crippen LogP contribution in [0.5, 0.6) is 11.5 Å². The van der Waals surface area contributed by atoms with Crippen molar-refractivity contribution in [3.05, 3.63) is 54.1 Å². The number of aryl methyl sites for hydroxylation is 1. The molecule has 1 amide bonds. The standard InChI is InChI=1S/C20H25NO4/c1-4-19(25-18-10-5-7-15(2)13-18)20(22)21-16-8-6-9-17(14-16)24-12-11-23-3/h5-10,13-14,19H,4,11-12H2,1-3H3,(H,21,22). The zero-order valence-electron chi connectivity index (χ0n) is 15.0. The highest BCUT2D eigenvalue weighted by atomic mass is 16.5. The minimum absolute atomic E-state index is 0.182. The molecule has 0 saturated heterocycles. The van der Waals surface area contributed by atoms with E-state index in [4.69, 9.17) is 14.2 Å². The van der Waals surface area contributed by atoms with Gasteiger partial charge in [0.25, 0.3) is 5.91 Å². The lowest BCUT2D eigenvalue weighted by Crippen LogP contribution is -2.32. The molecule has 0 aliphatic heterocycles. The van der Waals surface area contributed by atoms with Gasteiger partial charge < -0.3 is 19.5 Å². The fourth-order valence-electron chi connectivity index (χ4n) is 2.30. The van der Waals surface area contributed by atoms with Gasteiger partial charge in [-0.25, -0.2) is 0 Å². The van der Waals surface area contributed by atoms with E-state index in [2.05, 4.69) is 5.32 Å². The van der Waals surface area contributed by atoms with Crippen LogP contribution in [0, 0.1) is 6.92 Å². The van der Waals surface area contributed by atoms with E-state index in [0.717, 1.165) is 5.56 Å². The third-order valence-electron chi connectivity index (χ3n) is 3.59. The van der Waals surface area contributed by atoms with E-state index in [9.17, 15) is 4.79 Å². The summed E-state index contributed by atoms with van der Waals surface area (Å²) >= 11 is 0. The van der Waals surface area contributed by atoms with Crippen LogP contribution in [0.25, 0.3) is 0 Å². The van der Waals surface area contributed by atoms with Gasteiger partial charge in [-0.15, -0.1) is 0 Å². The van der Waals surface area contributed by atoms with Crippen LogP contribution >= 0.6 is 0 Å². The topological polar surface area (TPSA) is 56.8 Å². The molecule has 0 bridgehead atoms. The molecule has 1 N–H and O–H groups in total. The van der Waals surface area contributed by atoms with E-state index < -0.39 is 6.10 Å². The van der Waals surface area contributed by atoms with E-state index in [1.165, 1.54) is 0 Å². The Balaban J connectivity index is 1.98. The molecule has 0 aliphatic carbocycles. The average molecular weight is 343 g/mol. The van der Waals surface area contributed by atoms with Gasteiger partial charge in [-0.1, -0.05) is 25.1 Å². The molecule has 2 aromatic carbocycles. The molecule has 0 heterocycles. The zero-order chi connectivity index (χ0) is 18.1.